The van der Waals surface area contributed by atoms with Crippen LogP contribution in [0.2, 0.25) is 0 Å². The van der Waals surface area contributed by atoms with Crippen LogP contribution in [0.15, 0.2) is 91.1 Å². The summed E-state index contributed by atoms with van der Waals surface area (Å²) in [6.07, 6.45) is 4.93. The fourth-order valence-electron chi connectivity index (χ4n) is 3.40. The number of fused-ring (bicyclic) bond motifs is 1. The number of hydrogen-bond acceptors (Lipinski definition) is 1. The van der Waals surface area contributed by atoms with Crippen molar-refractivity contribution in [2.45, 2.75) is 19.3 Å². The molecule has 1 aromatic heterocycles. The highest BCUT2D eigenvalue weighted by Crippen LogP contribution is 2.21. The van der Waals surface area contributed by atoms with Gasteiger partial charge < -0.3 is 0 Å². The molecule has 0 aliphatic carbocycles. The van der Waals surface area contributed by atoms with Gasteiger partial charge >= 0.3 is 0 Å². The van der Waals surface area contributed by atoms with Gasteiger partial charge in [0.25, 0.3) is 0 Å². The molecule has 0 spiro atoms. The highest BCUT2D eigenvalue weighted by molar-refractivity contribution is 5.84. The van der Waals surface area contributed by atoms with E-state index in [-0.39, 0.29) is 0 Å². The Labute approximate surface area is 149 Å². The average Bonchev–Trinajstić information content (AvgIpc) is 2.68. The number of aryl methyl sites for hydroxylation is 2. The fourth-order valence-corrected chi connectivity index (χ4v) is 3.40. The maximum atomic E-state index is 4.66. The highest BCUT2D eigenvalue weighted by atomic mass is 14.7. The van der Waals surface area contributed by atoms with Gasteiger partial charge in [0.15, 0.2) is 0 Å². The summed E-state index contributed by atoms with van der Waals surface area (Å²) in [6.45, 7) is 0. The normalized spacial score (nSPS) is 10.9. The second-order valence-corrected chi connectivity index (χ2v) is 6.41. The average molecular weight is 323 g/mol. The van der Waals surface area contributed by atoms with E-state index in [1.165, 1.54) is 27.5 Å². The van der Waals surface area contributed by atoms with Gasteiger partial charge in [0, 0.05) is 18.0 Å². The Kier molecular flexibility index (Phi) is 4.56. The number of pyridine rings is 1. The van der Waals surface area contributed by atoms with Gasteiger partial charge in [-0.1, -0.05) is 78.9 Å². The standard InChI is InChI=1S/C24H21N/c1-2-8-19(9-3-1)14-15-20-10-4-5-12-22(20)18-24-23-13-7-6-11-21(23)16-17-25-24/h1-13,16-17H,14-15,18H2. The molecule has 0 saturated heterocycles. The Hall–Kier alpha value is -2.93. The quantitative estimate of drug-likeness (QED) is 0.465. The van der Waals surface area contributed by atoms with E-state index in [2.05, 4.69) is 89.9 Å². The molecule has 0 fully saturated rings. The lowest BCUT2D eigenvalue weighted by Crippen LogP contribution is -2.00. The lowest BCUT2D eigenvalue weighted by atomic mass is 9.95. The third-order valence-electron chi connectivity index (χ3n) is 4.76. The number of nitrogens with zero attached hydrogens (tertiary/aromatic N) is 1. The Morgan fingerprint density at radius 2 is 1.32 bits per heavy atom. The molecular formula is C24H21N. The van der Waals surface area contributed by atoms with Crippen molar-refractivity contribution in [2.24, 2.45) is 0 Å². The summed E-state index contributed by atoms with van der Waals surface area (Å²) in [5.41, 5.74) is 5.34. The molecular weight excluding hydrogens is 302 g/mol. The lowest BCUT2D eigenvalue weighted by Gasteiger charge is -2.11. The first-order valence-corrected chi connectivity index (χ1v) is 8.83. The zero-order chi connectivity index (χ0) is 16.9. The molecule has 0 aliphatic rings. The van der Waals surface area contributed by atoms with Crippen molar-refractivity contribution < 1.29 is 0 Å². The summed E-state index contributed by atoms with van der Waals surface area (Å²) in [6, 6.07) is 30.1. The van der Waals surface area contributed by atoms with Crippen molar-refractivity contribution in [2.75, 3.05) is 0 Å². The minimum absolute atomic E-state index is 0.881. The molecule has 0 amide bonds. The van der Waals surface area contributed by atoms with Crippen LogP contribution in [0.1, 0.15) is 22.4 Å². The summed E-state index contributed by atoms with van der Waals surface area (Å²) in [5, 5.41) is 2.51. The summed E-state index contributed by atoms with van der Waals surface area (Å²) < 4.78 is 0. The predicted octanol–water partition coefficient (Wildman–Crippen LogP) is 5.61. The number of rotatable bonds is 5. The van der Waals surface area contributed by atoms with Crippen molar-refractivity contribution in [3.8, 4) is 0 Å². The van der Waals surface area contributed by atoms with Gasteiger partial charge in [-0.15, -0.1) is 0 Å². The zero-order valence-corrected chi connectivity index (χ0v) is 14.2. The molecule has 3 aromatic carbocycles. The molecule has 122 valence electrons. The summed E-state index contributed by atoms with van der Waals surface area (Å²) in [5.74, 6) is 0. The van der Waals surface area contributed by atoms with Crippen molar-refractivity contribution in [3.05, 3.63) is 114 Å². The molecule has 1 nitrogen and oxygen atoms in total. The molecule has 0 bridgehead atoms. The van der Waals surface area contributed by atoms with Gasteiger partial charge in [-0.25, -0.2) is 0 Å². The van der Waals surface area contributed by atoms with Crippen molar-refractivity contribution in [1.29, 1.82) is 0 Å². The van der Waals surface area contributed by atoms with Crippen LogP contribution < -0.4 is 0 Å². The largest absolute Gasteiger partial charge is 0.260 e. The molecule has 4 rings (SSSR count). The predicted molar refractivity (Wildman–Crippen MR) is 105 cm³/mol. The number of benzene rings is 3. The van der Waals surface area contributed by atoms with Crippen LogP contribution in [0.3, 0.4) is 0 Å². The molecule has 0 radical (unpaired) electrons. The molecule has 0 saturated carbocycles. The van der Waals surface area contributed by atoms with Crippen LogP contribution in [-0.2, 0) is 19.3 Å². The van der Waals surface area contributed by atoms with E-state index in [4.69, 9.17) is 0 Å². The first-order valence-electron chi connectivity index (χ1n) is 8.83. The minimum atomic E-state index is 0.881. The van der Waals surface area contributed by atoms with Crippen LogP contribution in [0.5, 0.6) is 0 Å². The number of hydrogen-bond donors (Lipinski definition) is 0. The minimum Gasteiger partial charge on any atom is -0.260 e. The second-order valence-electron chi connectivity index (χ2n) is 6.41. The molecule has 1 heterocycles. The Balaban J connectivity index is 1.60. The van der Waals surface area contributed by atoms with Gasteiger partial charge in [0.2, 0.25) is 0 Å². The van der Waals surface area contributed by atoms with E-state index in [0.29, 0.717) is 0 Å². The Morgan fingerprint density at radius 3 is 2.20 bits per heavy atom. The maximum Gasteiger partial charge on any atom is 0.0525 e. The molecule has 0 unspecified atom stereocenters. The third-order valence-corrected chi connectivity index (χ3v) is 4.76. The Bertz CT molecular complexity index is 968. The van der Waals surface area contributed by atoms with E-state index in [1.54, 1.807) is 0 Å². The van der Waals surface area contributed by atoms with Gasteiger partial charge in [-0.2, -0.15) is 0 Å². The van der Waals surface area contributed by atoms with Crippen molar-refractivity contribution in [3.63, 3.8) is 0 Å². The molecule has 1 heteroatoms. The lowest BCUT2D eigenvalue weighted by molar-refractivity contribution is 0.932. The van der Waals surface area contributed by atoms with Crippen LogP contribution >= 0.6 is 0 Å². The SMILES string of the molecule is c1ccc(CCc2ccccc2Cc2nccc3ccccc23)cc1. The molecule has 25 heavy (non-hydrogen) atoms. The van der Waals surface area contributed by atoms with Crippen molar-refractivity contribution in [1.82, 2.24) is 4.98 Å². The Morgan fingerprint density at radius 1 is 0.600 bits per heavy atom. The van der Waals surface area contributed by atoms with Crippen LogP contribution in [0, 0.1) is 0 Å². The fraction of sp³-hybridized carbons (Fsp3) is 0.125. The van der Waals surface area contributed by atoms with E-state index < -0.39 is 0 Å². The van der Waals surface area contributed by atoms with Gasteiger partial charge in [0.05, 0.1) is 5.69 Å². The van der Waals surface area contributed by atoms with Crippen LogP contribution in [0.4, 0.5) is 0 Å². The van der Waals surface area contributed by atoms with Gasteiger partial charge in [0.1, 0.15) is 0 Å². The van der Waals surface area contributed by atoms with E-state index >= 15 is 0 Å². The molecule has 0 aliphatic heterocycles. The zero-order valence-electron chi connectivity index (χ0n) is 14.2. The molecule has 4 aromatic rings. The van der Waals surface area contributed by atoms with E-state index in [9.17, 15) is 0 Å². The monoisotopic (exact) mass is 323 g/mol. The van der Waals surface area contributed by atoms with Gasteiger partial charge in [-0.3, -0.25) is 4.98 Å². The smallest absolute Gasteiger partial charge is 0.0525 e. The summed E-state index contributed by atoms with van der Waals surface area (Å²) in [7, 11) is 0. The van der Waals surface area contributed by atoms with E-state index in [0.717, 1.165) is 25.0 Å². The molecule has 0 atom stereocenters. The van der Waals surface area contributed by atoms with Gasteiger partial charge in [-0.05, 0) is 41.0 Å². The van der Waals surface area contributed by atoms with Crippen LogP contribution in [0.25, 0.3) is 10.8 Å². The third kappa shape index (κ3) is 3.61. The number of aromatic nitrogens is 1. The molecule has 0 N–H and O–H groups in total. The topological polar surface area (TPSA) is 12.9 Å². The highest BCUT2D eigenvalue weighted by Gasteiger charge is 2.07. The first-order chi connectivity index (χ1) is 12.4. The van der Waals surface area contributed by atoms with E-state index in [1.807, 2.05) is 6.20 Å². The maximum absolute atomic E-state index is 4.66. The second kappa shape index (κ2) is 7.31. The summed E-state index contributed by atoms with van der Waals surface area (Å²) >= 11 is 0. The van der Waals surface area contributed by atoms with Crippen molar-refractivity contribution >= 4 is 10.8 Å². The van der Waals surface area contributed by atoms with Crippen LogP contribution in [-0.4, -0.2) is 4.98 Å². The first kappa shape index (κ1) is 15.6. The summed E-state index contributed by atoms with van der Waals surface area (Å²) in [4.78, 5) is 4.66.